The van der Waals surface area contributed by atoms with Gasteiger partial charge in [0, 0.05) is 0 Å². The van der Waals surface area contributed by atoms with Crippen LogP contribution >= 0.6 is 11.3 Å². The zero-order valence-corrected chi connectivity index (χ0v) is 8.56. The third-order valence-corrected chi connectivity index (χ3v) is 2.92. The van der Waals surface area contributed by atoms with Crippen molar-refractivity contribution in [1.29, 1.82) is 0 Å². The number of aryl methyl sites for hydroxylation is 1. The Morgan fingerprint density at radius 1 is 1.54 bits per heavy atom. The molecule has 2 heterocycles. The molecule has 1 fully saturated rings. The molecule has 3 nitrogen and oxygen atoms in total. The number of thiazole rings is 1. The first kappa shape index (κ1) is 8.97. The third-order valence-electron chi connectivity index (χ3n) is 2.17. The van der Waals surface area contributed by atoms with Gasteiger partial charge in [0.2, 0.25) is 5.88 Å². The number of nitrogens with zero attached hydrogens (tertiary/aromatic N) is 1. The van der Waals surface area contributed by atoms with Gasteiger partial charge in [-0.25, -0.2) is 4.98 Å². The SMILES string of the molecule is Cc1nc(OC2CCNCC2)cs1. The van der Waals surface area contributed by atoms with Crippen molar-refractivity contribution in [3.63, 3.8) is 0 Å². The Labute approximate surface area is 82.1 Å². The molecule has 0 spiro atoms. The topological polar surface area (TPSA) is 34.1 Å². The number of piperidine rings is 1. The minimum atomic E-state index is 0.364. The van der Waals surface area contributed by atoms with Crippen LogP contribution in [0.25, 0.3) is 0 Å². The van der Waals surface area contributed by atoms with Gasteiger partial charge in [0.25, 0.3) is 0 Å². The maximum absolute atomic E-state index is 5.74. The Bertz CT molecular complexity index is 268. The summed E-state index contributed by atoms with van der Waals surface area (Å²) < 4.78 is 5.74. The van der Waals surface area contributed by atoms with Gasteiger partial charge in [-0.2, -0.15) is 0 Å². The second-order valence-electron chi connectivity index (χ2n) is 3.27. The number of nitrogens with one attached hydrogen (secondary N) is 1. The maximum Gasteiger partial charge on any atom is 0.224 e. The Morgan fingerprint density at radius 2 is 2.31 bits per heavy atom. The van der Waals surface area contributed by atoms with E-state index in [0.29, 0.717) is 6.10 Å². The molecule has 1 aromatic rings. The van der Waals surface area contributed by atoms with Gasteiger partial charge in [0.1, 0.15) is 6.10 Å². The summed E-state index contributed by atoms with van der Waals surface area (Å²) in [5.41, 5.74) is 0. The Kier molecular flexibility index (Phi) is 2.80. The van der Waals surface area contributed by atoms with Crippen molar-refractivity contribution >= 4 is 11.3 Å². The first-order valence-corrected chi connectivity index (χ1v) is 5.52. The lowest BCUT2D eigenvalue weighted by Crippen LogP contribution is -2.34. The van der Waals surface area contributed by atoms with Crippen LogP contribution < -0.4 is 10.1 Å². The molecule has 1 aliphatic rings. The zero-order valence-electron chi connectivity index (χ0n) is 7.75. The molecular weight excluding hydrogens is 184 g/mol. The van der Waals surface area contributed by atoms with Crippen molar-refractivity contribution in [2.75, 3.05) is 13.1 Å². The summed E-state index contributed by atoms with van der Waals surface area (Å²) in [6, 6.07) is 0. The van der Waals surface area contributed by atoms with E-state index in [9.17, 15) is 0 Å². The molecule has 1 saturated heterocycles. The predicted octanol–water partition coefficient (Wildman–Crippen LogP) is 1.58. The second kappa shape index (κ2) is 4.07. The summed E-state index contributed by atoms with van der Waals surface area (Å²) in [6.45, 7) is 4.13. The van der Waals surface area contributed by atoms with Crippen LogP contribution in [-0.2, 0) is 0 Å². The number of hydrogen-bond acceptors (Lipinski definition) is 4. The first-order chi connectivity index (χ1) is 6.34. The minimum Gasteiger partial charge on any atom is -0.474 e. The number of aromatic nitrogens is 1. The zero-order chi connectivity index (χ0) is 9.10. The van der Waals surface area contributed by atoms with Crippen LogP contribution in [0.15, 0.2) is 5.38 Å². The summed E-state index contributed by atoms with van der Waals surface area (Å²) in [7, 11) is 0. The van der Waals surface area contributed by atoms with Gasteiger partial charge >= 0.3 is 0 Å². The molecule has 13 heavy (non-hydrogen) atoms. The molecule has 0 saturated carbocycles. The van der Waals surface area contributed by atoms with Gasteiger partial charge in [-0.1, -0.05) is 0 Å². The van der Waals surface area contributed by atoms with Crippen LogP contribution in [-0.4, -0.2) is 24.2 Å². The van der Waals surface area contributed by atoms with Crippen molar-refractivity contribution in [3.05, 3.63) is 10.4 Å². The lowest BCUT2D eigenvalue weighted by molar-refractivity contribution is 0.157. The van der Waals surface area contributed by atoms with E-state index in [4.69, 9.17) is 4.74 Å². The fourth-order valence-electron chi connectivity index (χ4n) is 1.48. The molecule has 72 valence electrons. The highest BCUT2D eigenvalue weighted by atomic mass is 32.1. The van der Waals surface area contributed by atoms with E-state index in [1.54, 1.807) is 11.3 Å². The van der Waals surface area contributed by atoms with E-state index in [2.05, 4.69) is 10.3 Å². The minimum absolute atomic E-state index is 0.364. The maximum atomic E-state index is 5.74. The largest absolute Gasteiger partial charge is 0.474 e. The smallest absolute Gasteiger partial charge is 0.224 e. The van der Waals surface area contributed by atoms with Crippen molar-refractivity contribution in [2.24, 2.45) is 0 Å². The van der Waals surface area contributed by atoms with Gasteiger partial charge in [-0.3, -0.25) is 0 Å². The molecule has 0 aromatic carbocycles. The molecule has 0 aliphatic carbocycles. The van der Waals surface area contributed by atoms with E-state index in [1.807, 2.05) is 12.3 Å². The lowest BCUT2D eigenvalue weighted by Gasteiger charge is -2.22. The fraction of sp³-hybridized carbons (Fsp3) is 0.667. The predicted molar refractivity (Wildman–Crippen MR) is 53.4 cm³/mol. The van der Waals surface area contributed by atoms with E-state index in [-0.39, 0.29) is 0 Å². The molecule has 0 amide bonds. The third kappa shape index (κ3) is 2.42. The number of hydrogen-bond donors (Lipinski definition) is 1. The molecule has 1 N–H and O–H groups in total. The van der Waals surface area contributed by atoms with Gasteiger partial charge in [-0.15, -0.1) is 11.3 Å². The molecule has 1 aliphatic heterocycles. The standard InChI is InChI=1S/C9H14N2OS/c1-7-11-9(6-13-7)12-8-2-4-10-5-3-8/h6,8,10H,2-5H2,1H3. The molecule has 0 radical (unpaired) electrons. The summed E-state index contributed by atoms with van der Waals surface area (Å²) in [4.78, 5) is 4.28. The summed E-state index contributed by atoms with van der Waals surface area (Å²) in [6.07, 6.45) is 2.55. The summed E-state index contributed by atoms with van der Waals surface area (Å²) >= 11 is 1.64. The average Bonchev–Trinajstić information content (AvgIpc) is 2.53. The van der Waals surface area contributed by atoms with Crippen molar-refractivity contribution in [2.45, 2.75) is 25.9 Å². The molecule has 1 aromatic heterocycles. The molecule has 2 rings (SSSR count). The number of rotatable bonds is 2. The van der Waals surface area contributed by atoms with E-state index < -0.39 is 0 Å². The normalized spacial score (nSPS) is 18.8. The van der Waals surface area contributed by atoms with Crippen LogP contribution in [0.4, 0.5) is 0 Å². The summed E-state index contributed by atoms with van der Waals surface area (Å²) in [5, 5.41) is 6.36. The highest BCUT2D eigenvalue weighted by Crippen LogP contribution is 2.18. The van der Waals surface area contributed by atoms with Crippen molar-refractivity contribution in [1.82, 2.24) is 10.3 Å². The lowest BCUT2D eigenvalue weighted by atomic mass is 10.1. The van der Waals surface area contributed by atoms with Crippen molar-refractivity contribution in [3.8, 4) is 5.88 Å². The monoisotopic (exact) mass is 198 g/mol. The Hall–Kier alpha value is -0.610. The highest BCUT2D eigenvalue weighted by molar-refractivity contribution is 7.09. The number of ether oxygens (including phenoxy) is 1. The Balaban J connectivity index is 1.89. The quantitative estimate of drug-likeness (QED) is 0.783. The van der Waals surface area contributed by atoms with Crippen LogP contribution in [0.5, 0.6) is 5.88 Å². The van der Waals surface area contributed by atoms with Crippen LogP contribution in [0.2, 0.25) is 0 Å². The molecule has 4 heteroatoms. The van der Waals surface area contributed by atoms with Gasteiger partial charge in [0.15, 0.2) is 0 Å². The van der Waals surface area contributed by atoms with Gasteiger partial charge in [-0.05, 0) is 32.9 Å². The first-order valence-electron chi connectivity index (χ1n) is 4.64. The fourth-order valence-corrected chi connectivity index (χ4v) is 2.00. The molecule has 0 unspecified atom stereocenters. The highest BCUT2D eigenvalue weighted by Gasteiger charge is 2.15. The Morgan fingerprint density at radius 3 is 2.92 bits per heavy atom. The van der Waals surface area contributed by atoms with Gasteiger partial charge in [0.05, 0.1) is 10.4 Å². The van der Waals surface area contributed by atoms with Crippen LogP contribution in [0.3, 0.4) is 0 Å². The molecular formula is C9H14N2OS. The van der Waals surface area contributed by atoms with E-state index in [1.165, 1.54) is 0 Å². The van der Waals surface area contributed by atoms with Crippen molar-refractivity contribution < 1.29 is 4.74 Å². The van der Waals surface area contributed by atoms with E-state index in [0.717, 1.165) is 36.8 Å². The van der Waals surface area contributed by atoms with Gasteiger partial charge < -0.3 is 10.1 Å². The van der Waals surface area contributed by atoms with Crippen LogP contribution in [0, 0.1) is 6.92 Å². The average molecular weight is 198 g/mol. The second-order valence-corrected chi connectivity index (χ2v) is 4.33. The molecule has 0 bridgehead atoms. The summed E-state index contributed by atoms with van der Waals surface area (Å²) in [5.74, 6) is 0.800. The van der Waals surface area contributed by atoms with E-state index >= 15 is 0 Å². The van der Waals surface area contributed by atoms with Crippen LogP contribution in [0.1, 0.15) is 17.8 Å². The molecule has 0 atom stereocenters.